The first-order valence-corrected chi connectivity index (χ1v) is 11.3. The summed E-state index contributed by atoms with van der Waals surface area (Å²) >= 11 is 7.43. The standard InChI is InChI=1S/C24H19ClN2O4S/c1-13-7-5-6-10-15(13)27-21(28)18-19(22(27)29)24(23(30)31,14-8-3-2-4-9-14)26-20(18)16-11-12-17(25)32-16/h2-12,18-20,26H,1H3,(H,30,31). The number of carbonyl (C=O) groups excluding carboxylic acids is 2. The number of nitrogens with zero attached hydrogens (tertiary/aromatic N) is 1. The second-order valence-electron chi connectivity index (χ2n) is 8.04. The highest BCUT2D eigenvalue weighted by Gasteiger charge is 2.69. The summed E-state index contributed by atoms with van der Waals surface area (Å²) in [5, 5.41) is 13.7. The van der Waals surface area contributed by atoms with E-state index in [4.69, 9.17) is 11.6 Å². The first-order chi connectivity index (χ1) is 15.4. The number of halogens is 1. The van der Waals surface area contributed by atoms with Crippen LogP contribution in [0.2, 0.25) is 4.34 Å². The Morgan fingerprint density at radius 2 is 1.72 bits per heavy atom. The maximum absolute atomic E-state index is 13.8. The molecule has 3 heterocycles. The maximum Gasteiger partial charge on any atom is 0.329 e. The van der Waals surface area contributed by atoms with Crippen LogP contribution in [0.25, 0.3) is 0 Å². The van der Waals surface area contributed by atoms with Crippen molar-refractivity contribution in [3.63, 3.8) is 0 Å². The molecule has 2 aliphatic heterocycles. The molecule has 2 saturated heterocycles. The van der Waals surface area contributed by atoms with Gasteiger partial charge < -0.3 is 5.11 Å². The highest BCUT2D eigenvalue weighted by molar-refractivity contribution is 7.16. The van der Waals surface area contributed by atoms with E-state index in [2.05, 4.69) is 5.32 Å². The molecule has 0 aliphatic carbocycles. The second-order valence-corrected chi connectivity index (χ2v) is 9.79. The predicted molar refractivity (Wildman–Crippen MR) is 122 cm³/mol. The SMILES string of the molecule is Cc1ccccc1N1C(=O)C2C(c3ccc(Cl)s3)NC(C(=O)O)(c3ccccc3)C2C1=O. The van der Waals surface area contributed by atoms with E-state index >= 15 is 0 Å². The van der Waals surface area contributed by atoms with Crippen LogP contribution in [-0.2, 0) is 19.9 Å². The van der Waals surface area contributed by atoms with Gasteiger partial charge in [0.25, 0.3) is 0 Å². The third-order valence-electron chi connectivity index (χ3n) is 6.38. The van der Waals surface area contributed by atoms with Gasteiger partial charge in [-0.05, 0) is 36.2 Å². The topological polar surface area (TPSA) is 86.7 Å². The lowest BCUT2D eigenvalue weighted by atomic mass is 9.76. The molecule has 1 aromatic heterocycles. The first-order valence-electron chi connectivity index (χ1n) is 10.1. The smallest absolute Gasteiger partial charge is 0.329 e. The molecule has 32 heavy (non-hydrogen) atoms. The van der Waals surface area contributed by atoms with Crippen LogP contribution < -0.4 is 10.2 Å². The molecule has 0 bridgehead atoms. The fourth-order valence-corrected chi connectivity index (χ4v) is 6.14. The minimum Gasteiger partial charge on any atom is -0.480 e. The van der Waals surface area contributed by atoms with Gasteiger partial charge in [-0.3, -0.25) is 14.9 Å². The number of rotatable bonds is 4. The maximum atomic E-state index is 13.8. The third kappa shape index (κ3) is 2.85. The highest BCUT2D eigenvalue weighted by atomic mass is 35.5. The lowest BCUT2D eigenvalue weighted by Gasteiger charge is -2.31. The Labute approximate surface area is 193 Å². The number of carbonyl (C=O) groups is 3. The average Bonchev–Trinajstić information content (AvgIpc) is 3.44. The Morgan fingerprint density at radius 1 is 1.03 bits per heavy atom. The zero-order chi connectivity index (χ0) is 22.6. The van der Waals surface area contributed by atoms with E-state index in [1.807, 2.05) is 19.1 Å². The van der Waals surface area contributed by atoms with Gasteiger partial charge in [0.15, 0.2) is 5.54 Å². The molecule has 0 radical (unpaired) electrons. The van der Waals surface area contributed by atoms with Crippen molar-refractivity contribution < 1.29 is 19.5 Å². The van der Waals surface area contributed by atoms with E-state index < -0.39 is 41.2 Å². The first kappa shape index (κ1) is 20.9. The van der Waals surface area contributed by atoms with Gasteiger partial charge >= 0.3 is 5.97 Å². The van der Waals surface area contributed by atoms with Crippen molar-refractivity contribution in [2.45, 2.75) is 18.5 Å². The zero-order valence-electron chi connectivity index (χ0n) is 17.0. The van der Waals surface area contributed by atoms with Crippen molar-refractivity contribution in [2.75, 3.05) is 4.90 Å². The van der Waals surface area contributed by atoms with Crippen LogP contribution >= 0.6 is 22.9 Å². The van der Waals surface area contributed by atoms with Crippen molar-refractivity contribution >= 4 is 46.4 Å². The number of para-hydroxylation sites is 1. The molecule has 5 rings (SSSR count). The number of hydrogen-bond acceptors (Lipinski definition) is 5. The van der Waals surface area contributed by atoms with Gasteiger partial charge in [-0.1, -0.05) is 60.1 Å². The normalized spacial score (nSPS) is 27.1. The van der Waals surface area contributed by atoms with E-state index in [0.717, 1.165) is 15.3 Å². The lowest BCUT2D eigenvalue weighted by Crippen LogP contribution is -2.53. The van der Waals surface area contributed by atoms with Crippen LogP contribution in [0.4, 0.5) is 5.69 Å². The van der Waals surface area contributed by atoms with Crippen molar-refractivity contribution in [1.29, 1.82) is 0 Å². The van der Waals surface area contributed by atoms with Crippen molar-refractivity contribution in [3.8, 4) is 0 Å². The van der Waals surface area contributed by atoms with Crippen LogP contribution in [0.5, 0.6) is 0 Å². The molecule has 2 fully saturated rings. The number of aliphatic carboxylic acids is 1. The number of carboxylic acids is 1. The number of thiophene rings is 1. The quantitative estimate of drug-likeness (QED) is 0.564. The summed E-state index contributed by atoms with van der Waals surface area (Å²) in [5.41, 5.74) is -0.0804. The number of imide groups is 1. The predicted octanol–water partition coefficient (Wildman–Crippen LogP) is 4.14. The highest BCUT2D eigenvalue weighted by Crippen LogP contribution is 2.54. The number of hydrogen-bond donors (Lipinski definition) is 2. The minimum absolute atomic E-state index is 0.407. The summed E-state index contributed by atoms with van der Waals surface area (Å²) in [4.78, 5) is 42.3. The summed E-state index contributed by atoms with van der Waals surface area (Å²) in [6.07, 6.45) is 0. The molecule has 0 spiro atoms. The molecular formula is C24H19ClN2O4S. The summed E-state index contributed by atoms with van der Waals surface area (Å²) in [6, 6.07) is 18.5. The number of carboxylic acid groups (broad SMARTS) is 1. The van der Waals surface area contributed by atoms with Crippen molar-refractivity contribution in [2.24, 2.45) is 11.8 Å². The van der Waals surface area contributed by atoms with Crippen LogP contribution in [-0.4, -0.2) is 22.9 Å². The molecule has 162 valence electrons. The van der Waals surface area contributed by atoms with E-state index in [1.54, 1.807) is 54.6 Å². The van der Waals surface area contributed by atoms with Gasteiger partial charge in [0, 0.05) is 4.88 Å². The average molecular weight is 467 g/mol. The molecule has 2 aliphatic rings. The summed E-state index contributed by atoms with van der Waals surface area (Å²) in [7, 11) is 0. The van der Waals surface area contributed by atoms with E-state index in [-0.39, 0.29) is 0 Å². The molecule has 2 aromatic carbocycles. The number of benzene rings is 2. The van der Waals surface area contributed by atoms with Crippen molar-refractivity contribution in [3.05, 3.63) is 87.1 Å². The van der Waals surface area contributed by atoms with E-state index in [0.29, 0.717) is 15.6 Å². The number of anilines is 1. The monoisotopic (exact) mass is 466 g/mol. The molecule has 2 N–H and O–H groups in total. The number of fused-ring (bicyclic) bond motifs is 1. The number of nitrogens with one attached hydrogen (secondary N) is 1. The zero-order valence-corrected chi connectivity index (χ0v) is 18.6. The Hall–Kier alpha value is -3.00. The molecule has 3 aromatic rings. The van der Waals surface area contributed by atoms with Gasteiger partial charge in [0.05, 0.1) is 27.9 Å². The van der Waals surface area contributed by atoms with Gasteiger partial charge in [0.2, 0.25) is 11.8 Å². The lowest BCUT2D eigenvalue weighted by molar-refractivity contribution is -0.149. The van der Waals surface area contributed by atoms with Crippen LogP contribution in [0.1, 0.15) is 22.0 Å². The Balaban J connectivity index is 1.73. The summed E-state index contributed by atoms with van der Waals surface area (Å²) < 4.78 is 0.526. The van der Waals surface area contributed by atoms with Gasteiger partial charge in [0.1, 0.15) is 0 Å². The molecule has 2 amide bonds. The Kier molecular flexibility index (Phi) is 4.93. The van der Waals surface area contributed by atoms with Crippen LogP contribution in [0.15, 0.2) is 66.7 Å². The number of aryl methyl sites for hydroxylation is 1. The molecule has 4 unspecified atom stereocenters. The Morgan fingerprint density at radius 3 is 2.34 bits per heavy atom. The van der Waals surface area contributed by atoms with Gasteiger partial charge in [-0.2, -0.15) is 0 Å². The Bertz CT molecular complexity index is 1240. The van der Waals surface area contributed by atoms with Crippen LogP contribution in [0, 0.1) is 18.8 Å². The molecule has 0 saturated carbocycles. The van der Waals surface area contributed by atoms with E-state index in [9.17, 15) is 19.5 Å². The molecule has 6 nitrogen and oxygen atoms in total. The number of amides is 2. The minimum atomic E-state index is -1.75. The largest absolute Gasteiger partial charge is 0.480 e. The summed E-state index contributed by atoms with van der Waals surface area (Å²) in [6.45, 7) is 1.82. The molecular weight excluding hydrogens is 448 g/mol. The fraction of sp³-hybridized carbons (Fsp3) is 0.208. The third-order valence-corrected chi connectivity index (χ3v) is 7.70. The molecule has 4 atom stereocenters. The summed E-state index contributed by atoms with van der Waals surface area (Å²) in [5.74, 6) is -4.11. The van der Waals surface area contributed by atoms with Gasteiger partial charge in [-0.25, -0.2) is 9.69 Å². The van der Waals surface area contributed by atoms with Gasteiger partial charge in [-0.15, -0.1) is 11.3 Å². The molecule has 8 heteroatoms. The van der Waals surface area contributed by atoms with E-state index in [1.165, 1.54) is 11.3 Å². The fourth-order valence-electron chi connectivity index (χ4n) is 4.98. The second kappa shape index (κ2) is 7.55. The van der Waals surface area contributed by atoms with Crippen molar-refractivity contribution in [1.82, 2.24) is 5.32 Å². The van der Waals surface area contributed by atoms with Crippen LogP contribution in [0.3, 0.4) is 0 Å².